The molecule has 2 aromatic carbocycles. The van der Waals surface area contributed by atoms with E-state index in [2.05, 4.69) is 15.0 Å². The summed E-state index contributed by atoms with van der Waals surface area (Å²) in [5.41, 5.74) is 4.48. The molecule has 9 nitrogen and oxygen atoms in total. The summed E-state index contributed by atoms with van der Waals surface area (Å²) in [5, 5.41) is 30.5. The third kappa shape index (κ3) is 4.62. The maximum absolute atomic E-state index is 10.5. The van der Waals surface area contributed by atoms with Crippen LogP contribution in [-0.2, 0) is 9.47 Å². The van der Waals surface area contributed by atoms with Gasteiger partial charge in [0, 0.05) is 12.7 Å². The number of aromatic nitrogens is 3. The molecule has 0 spiro atoms. The second-order valence-electron chi connectivity index (χ2n) is 8.20. The van der Waals surface area contributed by atoms with Crippen LogP contribution < -0.4 is 4.74 Å². The van der Waals surface area contributed by atoms with Crippen molar-refractivity contribution in [1.29, 1.82) is 0 Å². The number of nitrogens with one attached hydrogen (secondary N) is 1. The Morgan fingerprint density at radius 1 is 0.971 bits per heavy atom. The molecule has 1 aliphatic rings. The van der Waals surface area contributed by atoms with Gasteiger partial charge in [-0.2, -0.15) is 4.98 Å². The van der Waals surface area contributed by atoms with E-state index < -0.39 is 37.3 Å². The lowest BCUT2D eigenvalue weighted by molar-refractivity contribution is -0.289. The first-order valence-corrected chi connectivity index (χ1v) is 11.4. The molecule has 0 aliphatic carbocycles. The topological polar surface area (TPSA) is 130 Å². The number of benzene rings is 2. The Morgan fingerprint density at radius 2 is 1.66 bits per heavy atom. The summed E-state index contributed by atoms with van der Waals surface area (Å²) in [6.07, 6.45) is -5.87. The van der Waals surface area contributed by atoms with Crippen LogP contribution >= 0.6 is 11.6 Å². The van der Waals surface area contributed by atoms with Gasteiger partial charge in [-0.05, 0) is 17.2 Å². The molecule has 4 N–H and O–H groups in total. The van der Waals surface area contributed by atoms with Gasteiger partial charge in [0.25, 0.3) is 6.01 Å². The Labute approximate surface area is 205 Å². The molecule has 2 aromatic heterocycles. The zero-order valence-corrected chi connectivity index (χ0v) is 19.5. The second-order valence-corrected chi connectivity index (χ2v) is 8.61. The predicted molar refractivity (Wildman–Crippen MR) is 129 cm³/mol. The van der Waals surface area contributed by atoms with Crippen molar-refractivity contribution in [2.45, 2.75) is 30.7 Å². The van der Waals surface area contributed by atoms with Crippen molar-refractivity contribution >= 4 is 22.8 Å². The number of H-pyrrole nitrogens is 1. The Hall–Kier alpha value is -3.05. The second kappa shape index (κ2) is 9.90. The molecule has 3 heterocycles. The molecule has 0 bridgehead atoms. The maximum atomic E-state index is 10.5. The SMILES string of the molecule is CO[C@H]1O[C@H](CO)[C@@H](O)[C@H](O)[C@H]1Oc1nc2nc(-c3ccc(-c4ccccc4)cc3)c(Cl)cc2[nH]1. The van der Waals surface area contributed by atoms with Crippen molar-refractivity contribution in [3.8, 4) is 28.4 Å². The average Bonchev–Trinajstić information content (AvgIpc) is 3.28. The molecule has 1 aliphatic heterocycles. The summed E-state index contributed by atoms with van der Waals surface area (Å²) < 4.78 is 16.5. The van der Waals surface area contributed by atoms with Crippen LogP contribution in [0.2, 0.25) is 5.02 Å². The first-order valence-electron chi connectivity index (χ1n) is 11.0. The minimum absolute atomic E-state index is 0.0458. The minimum Gasteiger partial charge on any atom is -0.453 e. The van der Waals surface area contributed by atoms with E-state index in [-0.39, 0.29) is 6.01 Å². The van der Waals surface area contributed by atoms with Crippen LogP contribution in [0.15, 0.2) is 60.7 Å². The lowest BCUT2D eigenvalue weighted by Crippen LogP contribution is -2.61. The van der Waals surface area contributed by atoms with Crippen LogP contribution in [-0.4, -0.2) is 74.7 Å². The summed E-state index contributed by atoms with van der Waals surface area (Å²) >= 11 is 6.53. The number of aromatic amines is 1. The molecule has 0 amide bonds. The van der Waals surface area contributed by atoms with Crippen LogP contribution in [0.25, 0.3) is 33.5 Å². The Kier molecular flexibility index (Phi) is 6.70. The number of pyridine rings is 1. The predicted octanol–water partition coefficient (Wildman–Crippen LogP) is 2.78. The lowest BCUT2D eigenvalue weighted by atomic mass is 9.99. The van der Waals surface area contributed by atoms with Gasteiger partial charge >= 0.3 is 0 Å². The summed E-state index contributed by atoms with van der Waals surface area (Å²) in [6, 6.07) is 19.7. The highest BCUT2D eigenvalue weighted by Gasteiger charge is 2.46. The molecule has 10 heteroatoms. The van der Waals surface area contributed by atoms with E-state index in [1.54, 1.807) is 6.07 Å². The largest absolute Gasteiger partial charge is 0.453 e. The molecular weight excluding hydrogens is 474 g/mol. The normalized spacial score (nSPS) is 24.5. The average molecular weight is 498 g/mol. The standard InChI is InChI=1S/C25H24ClN3O6/c1-33-24-22(21(32)20(31)18(12-30)34-24)35-25-27-17-11-16(26)19(28-23(17)29-25)15-9-7-14(8-10-15)13-5-3-2-4-6-13/h2-11,18,20-22,24,30-32H,12H2,1H3,(H,27,28,29)/t18-,20-,21+,22-,24+/m1/s1. The van der Waals surface area contributed by atoms with Gasteiger partial charge in [-0.3, -0.25) is 0 Å². The first-order chi connectivity index (χ1) is 17.0. The number of fused-ring (bicyclic) bond motifs is 1. The Balaban J connectivity index is 1.41. The number of hydrogen-bond donors (Lipinski definition) is 4. The molecule has 0 saturated carbocycles. The van der Waals surface area contributed by atoms with Crippen LogP contribution in [0.1, 0.15) is 0 Å². The molecule has 182 valence electrons. The van der Waals surface area contributed by atoms with Crippen molar-refractivity contribution < 1.29 is 29.5 Å². The highest BCUT2D eigenvalue weighted by molar-refractivity contribution is 6.33. The van der Waals surface area contributed by atoms with Crippen LogP contribution in [0, 0.1) is 0 Å². The molecule has 35 heavy (non-hydrogen) atoms. The highest BCUT2D eigenvalue weighted by Crippen LogP contribution is 2.32. The number of aliphatic hydroxyl groups excluding tert-OH is 3. The van der Waals surface area contributed by atoms with Crippen molar-refractivity contribution in [1.82, 2.24) is 15.0 Å². The third-order valence-electron chi connectivity index (χ3n) is 5.97. The molecule has 1 fully saturated rings. The minimum atomic E-state index is -1.38. The molecule has 4 aromatic rings. The number of halogens is 1. The summed E-state index contributed by atoms with van der Waals surface area (Å²) in [4.78, 5) is 11.9. The van der Waals surface area contributed by atoms with Gasteiger partial charge in [0.05, 0.1) is 22.8 Å². The lowest BCUT2D eigenvalue weighted by Gasteiger charge is -2.40. The monoisotopic (exact) mass is 497 g/mol. The Morgan fingerprint density at radius 3 is 2.34 bits per heavy atom. The number of rotatable bonds is 6. The first kappa shape index (κ1) is 23.7. The number of nitrogens with zero attached hydrogens (tertiary/aromatic N) is 2. The van der Waals surface area contributed by atoms with E-state index in [9.17, 15) is 15.3 Å². The molecular formula is C25H24ClN3O6. The quantitative estimate of drug-likeness (QED) is 0.320. The molecule has 5 rings (SSSR count). The van der Waals surface area contributed by atoms with Gasteiger partial charge < -0.3 is 34.5 Å². The number of aliphatic hydroxyl groups is 3. The molecule has 5 atom stereocenters. The van der Waals surface area contributed by atoms with Crippen molar-refractivity contribution in [2.75, 3.05) is 13.7 Å². The fourth-order valence-electron chi connectivity index (χ4n) is 4.11. The zero-order valence-electron chi connectivity index (χ0n) is 18.7. The summed E-state index contributed by atoms with van der Waals surface area (Å²) in [6.45, 7) is -0.479. The van der Waals surface area contributed by atoms with Crippen LogP contribution in [0.3, 0.4) is 0 Å². The van der Waals surface area contributed by atoms with E-state index >= 15 is 0 Å². The summed E-state index contributed by atoms with van der Waals surface area (Å²) in [5.74, 6) is 0. The van der Waals surface area contributed by atoms with Gasteiger partial charge in [-0.15, -0.1) is 0 Å². The van der Waals surface area contributed by atoms with E-state index in [0.717, 1.165) is 16.7 Å². The smallest absolute Gasteiger partial charge is 0.296 e. The van der Waals surface area contributed by atoms with Crippen molar-refractivity contribution in [2.24, 2.45) is 0 Å². The zero-order chi connectivity index (χ0) is 24.5. The van der Waals surface area contributed by atoms with E-state index in [1.165, 1.54) is 7.11 Å². The molecule has 0 unspecified atom stereocenters. The Bertz CT molecular complexity index is 1300. The van der Waals surface area contributed by atoms with Crippen molar-refractivity contribution in [3.63, 3.8) is 0 Å². The fourth-order valence-corrected chi connectivity index (χ4v) is 4.37. The van der Waals surface area contributed by atoms with Gasteiger partial charge in [0.1, 0.15) is 18.3 Å². The van der Waals surface area contributed by atoms with Crippen LogP contribution in [0.5, 0.6) is 6.01 Å². The van der Waals surface area contributed by atoms with Gasteiger partial charge in [0.15, 0.2) is 18.0 Å². The number of ether oxygens (including phenoxy) is 3. The molecule has 0 radical (unpaired) electrons. The van der Waals surface area contributed by atoms with Crippen LogP contribution in [0.4, 0.5) is 0 Å². The number of hydrogen-bond acceptors (Lipinski definition) is 8. The van der Waals surface area contributed by atoms with E-state index in [1.807, 2.05) is 54.6 Å². The maximum Gasteiger partial charge on any atom is 0.296 e. The van der Waals surface area contributed by atoms with Gasteiger partial charge in [0.2, 0.25) is 0 Å². The van der Waals surface area contributed by atoms with Gasteiger partial charge in [-0.1, -0.05) is 66.2 Å². The van der Waals surface area contributed by atoms with E-state index in [4.69, 9.17) is 25.8 Å². The number of methoxy groups -OCH3 is 1. The molecule has 1 saturated heterocycles. The summed E-state index contributed by atoms with van der Waals surface area (Å²) in [7, 11) is 1.37. The van der Waals surface area contributed by atoms with Crippen molar-refractivity contribution in [3.05, 3.63) is 65.7 Å². The fraction of sp³-hybridized carbons (Fsp3) is 0.280. The highest BCUT2D eigenvalue weighted by atomic mass is 35.5. The third-order valence-corrected chi connectivity index (χ3v) is 6.26. The van der Waals surface area contributed by atoms with E-state index in [0.29, 0.717) is 21.9 Å². The van der Waals surface area contributed by atoms with Gasteiger partial charge in [-0.25, -0.2) is 4.98 Å². The number of imidazole rings is 1.